The zero-order valence-electron chi connectivity index (χ0n) is 24.9. The standard InChI is InChI=1S/C33H36N10O/c1-3-18-42-31(44)26-23-36-32(39-30(26)43(42)28-7-4-6-27(38-28)29-34-16-5-17-35-29)37-24-8-10-25(11-9-24)41-21-14-33(15-22-41)12-19-40(2)20-13-33/h3-11,16-17,23H,1,12-15,18-22H2,2H3,(H,36,37,39). The largest absolute Gasteiger partial charge is 0.371 e. The molecule has 11 heteroatoms. The summed E-state index contributed by atoms with van der Waals surface area (Å²) in [5.41, 5.74) is 3.45. The van der Waals surface area contributed by atoms with Crippen LogP contribution in [0.4, 0.5) is 17.3 Å². The highest BCUT2D eigenvalue weighted by Gasteiger charge is 2.36. The van der Waals surface area contributed by atoms with Gasteiger partial charge in [0.15, 0.2) is 17.3 Å². The van der Waals surface area contributed by atoms with E-state index in [1.807, 2.05) is 18.2 Å². The molecule has 7 rings (SSSR count). The minimum atomic E-state index is -0.220. The van der Waals surface area contributed by atoms with Crippen LogP contribution in [-0.4, -0.2) is 72.4 Å². The molecule has 2 aliphatic heterocycles. The van der Waals surface area contributed by atoms with E-state index in [4.69, 9.17) is 9.97 Å². The molecule has 2 saturated heterocycles. The lowest BCUT2D eigenvalue weighted by atomic mass is 9.71. The van der Waals surface area contributed by atoms with E-state index in [0.717, 1.165) is 18.8 Å². The Balaban J connectivity index is 1.14. The highest BCUT2D eigenvalue weighted by molar-refractivity contribution is 5.77. The summed E-state index contributed by atoms with van der Waals surface area (Å²) in [6.45, 7) is 8.75. The van der Waals surface area contributed by atoms with Crippen molar-refractivity contribution in [2.75, 3.05) is 43.4 Å². The summed E-state index contributed by atoms with van der Waals surface area (Å²) in [6.07, 6.45) is 11.7. The third kappa shape index (κ3) is 5.35. The van der Waals surface area contributed by atoms with E-state index in [2.05, 4.69) is 68.0 Å². The third-order valence-electron chi connectivity index (χ3n) is 9.08. The van der Waals surface area contributed by atoms with Crippen molar-refractivity contribution in [2.45, 2.75) is 32.2 Å². The molecular formula is C33H36N10O. The second-order valence-corrected chi connectivity index (χ2v) is 11.8. The number of piperidine rings is 2. The van der Waals surface area contributed by atoms with Crippen LogP contribution in [-0.2, 0) is 6.54 Å². The molecule has 5 aromatic rings. The quantitative estimate of drug-likeness (QED) is 0.271. The summed E-state index contributed by atoms with van der Waals surface area (Å²) in [5, 5.41) is 3.71. The summed E-state index contributed by atoms with van der Waals surface area (Å²) in [6, 6.07) is 15.7. The minimum Gasteiger partial charge on any atom is -0.371 e. The molecule has 0 unspecified atom stereocenters. The van der Waals surface area contributed by atoms with Crippen molar-refractivity contribution in [1.29, 1.82) is 0 Å². The van der Waals surface area contributed by atoms with Crippen molar-refractivity contribution in [3.8, 4) is 17.3 Å². The number of hydrogen-bond acceptors (Lipinski definition) is 9. The Morgan fingerprint density at radius 2 is 1.64 bits per heavy atom. The number of pyridine rings is 1. The average Bonchev–Trinajstić information content (AvgIpc) is 3.34. The number of allylic oxidation sites excluding steroid dienone is 1. The first-order valence-corrected chi connectivity index (χ1v) is 15.2. The number of aromatic nitrogens is 7. The van der Waals surface area contributed by atoms with Crippen molar-refractivity contribution < 1.29 is 0 Å². The maximum Gasteiger partial charge on any atom is 0.278 e. The van der Waals surface area contributed by atoms with Crippen LogP contribution in [0.1, 0.15) is 25.7 Å². The average molecular weight is 589 g/mol. The van der Waals surface area contributed by atoms with E-state index in [1.165, 1.54) is 44.5 Å². The molecule has 0 saturated carbocycles. The number of rotatable bonds is 7. The molecule has 224 valence electrons. The molecule has 0 atom stereocenters. The number of anilines is 3. The Bertz CT molecular complexity index is 1830. The summed E-state index contributed by atoms with van der Waals surface area (Å²) >= 11 is 0. The number of benzene rings is 1. The van der Waals surface area contributed by atoms with Gasteiger partial charge in [-0.3, -0.25) is 4.79 Å². The van der Waals surface area contributed by atoms with Crippen molar-refractivity contribution in [3.05, 3.63) is 90.1 Å². The SMILES string of the molecule is C=CCn1c(=O)c2cnc(Nc3ccc(N4CCC5(CCN(C)CC5)CC4)cc3)nc2n1-c1cccc(-c2ncccn2)n1. The van der Waals surface area contributed by atoms with Crippen LogP contribution in [0.25, 0.3) is 28.4 Å². The normalized spacial score (nSPS) is 16.8. The topological polar surface area (TPSA) is 110 Å². The lowest BCUT2D eigenvalue weighted by molar-refractivity contribution is 0.0945. The fourth-order valence-electron chi connectivity index (χ4n) is 6.42. The molecule has 11 nitrogen and oxygen atoms in total. The smallest absolute Gasteiger partial charge is 0.278 e. The van der Waals surface area contributed by atoms with Gasteiger partial charge in [-0.15, -0.1) is 6.58 Å². The first-order chi connectivity index (χ1) is 21.5. The lowest BCUT2D eigenvalue weighted by Crippen LogP contribution is -2.46. The van der Waals surface area contributed by atoms with Gasteiger partial charge in [0, 0.05) is 43.1 Å². The van der Waals surface area contributed by atoms with Crippen LogP contribution in [0.5, 0.6) is 0 Å². The lowest BCUT2D eigenvalue weighted by Gasteiger charge is -2.46. The van der Waals surface area contributed by atoms with Gasteiger partial charge in [-0.2, -0.15) is 4.98 Å². The Morgan fingerprint density at radius 3 is 2.36 bits per heavy atom. The molecule has 0 aliphatic carbocycles. The van der Waals surface area contributed by atoms with Crippen LogP contribution in [0.15, 0.2) is 84.6 Å². The highest BCUT2D eigenvalue weighted by Crippen LogP contribution is 2.42. The van der Waals surface area contributed by atoms with Gasteiger partial charge < -0.3 is 15.1 Å². The molecule has 1 aromatic carbocycles. The first kappa shape index (κ1) is 27.9. The molecule has 1 N–H and O–H groups in total. The van der Waals surface area contributed by atoms with Crippen LogP contribution in [0, 0.1) is 5.41 Å². The van der Waals surface area contributed by atoms with Gasteiger partial charge in [0.1, 0.15) is 11.1 Å². The number of likely N-dealkylation sites (tertiary alicyclic amines) is 1. The second kappa shape index (κ2) is 11.6. The van der Waals surface area contributed by atoms with E-state index in [1.54, 1.807) is 40.1 Å². The van der Waals surface area contributed by atoms with E-state index < -0.39 is 0 Å². The van der Waals surface area contributed by atoms with E-state index in [0.29, 0.717) is 39.7 Å². The van der Waals surface area contributed by atoms with Crippen LogP contribution in [0.3, 0.4) is 0 Å². The van der Waals surface area contributed by atoms with E-state index >= 15 is 0 Å². The van der Waals surface area contributed by atoms with Crippen molar-refractivity contribution in [3.63, 3.8) is 0 Å². The maximum atomic E-state index is 13.4. The summed E-state index contributed by atoms with van der Waals surface area (Å²) in [4.78, 5) is 41.0. The van der Waals surface area contributed by atoms with Crippen LogP contribution in [0.2, 0.25) is 0 Å². The maximum absolute atomic E-state index is 13.4. The predicted octanol–water partition coefficient (Wildman–Crippen LogP) is 4.68. The van der Waals surface area contributed by atoms with Gasteiger partial charge in [-0.05, 0) is 93.7 Å². The molecule has 44 heavy (non-hydrogen) atoms. The van der Waals surface area contributed by atoms with Gasteiger partial charge in [0.25, 0.3) is 5.56 Å². The van der Waals surface area contributed by atoms with Gasteiger partial charge in [0.2, 0.25) is 5.95 Å². The third-order valence-corrected chi connectivity index (χ3v) is 9.08. The Labute approximate surface area is 255 Å². The number of nitrogens with zero attached hydrogens (tertiary/aromatic N) is 9. The molecular weight excluding hydrogens is 552 g/mol. The molecule has 1 spiro atoms. The number of hydrogen-bond donors (Lipinski definition) is 1. The van der Waals surface area contributed by atoms with Gasteiger partial charge >= 0.3 is 0 Å². The highest BCUT2D eigenvalue weighted by atomic mass is 16.1. The zero-order valence-corrected chi connectivity index (χ0v) is 24.9. The Morgan fingerprint density at radius 1 is 0.909 bits per heavy atom. The van der Waals surface area contributed by atoms with Gasteiger partial charge in [0.05, 0.1) is 6.54 Å². The number of nitrogens with one attached hydrogen (secondary N) is 1. The van der Waals surface area contributed by atoms with Gasteiger partial charge in [-0.1, -0.05) is 12.1 Å². The molecule has 0 amide bonds. The fraction of sp³-hybridized carbons (Fsp3) is 0.333. The van der Waals surface area contributed by atoms with Crippen molar-refractivity contribution in [1.82, 2.24) is 39.2 Å². The van der Waals surface area contributed by atoms with Crippen molar-refractivity contribution >= 4 is 28.4 Å². The molecule has 2 aliphatic rings. The van der Waals surface area contributed by atoms with E-state index in [9.17, 15) is 4.79 Å². The van der Waals surface area contributed by atoms with Gasteiger partial charge in [-0.25, -0.2) is 29.3 Å². The van der Waals surface area contributed by atoms with Crippen molar-refractivity contribution in [2.24, 2.45) is 5.41 Å². The molecule has 0 bridgehead atoms. The Kier molecular flexibility index (Phi) is 7.39. The first-order valence-electron chi connectivity index (χ1n) is 15.2. The summed E-state index contributed by atoms with van der Waals surface area (Å²) in [7, 11) is 2.23. The molecule has 6 heterocycles. The molecule has 4 aromatic heterocycles. The monoisotopic (exact) mass is 588 g/mol. The zero-order chi connectivity index (χ0) is 30.1. The molecule has 2 fully saturated rings. The molecule has 0 radical (unpaired) electrons. The van der Waals surface area contributed by atoms with Crippen LogP contribution < -0.4 is 15.8 Å². The number of fused-ring (bicyclic) bond motifs is 1. The summed E-state index contributed by atoms with van der Waals surface area (Å²) in [5.74, 6) is 1.40. The van der Waals surface area contributed by atoms with Crippen LogP contribution >= 0.6 is 0 Å². The second-order valence-electron chi connectivity index (χ2n) is 11.8. The fourth-order valence-corrected chi connectivity index (χ4v) is 6.42. The minimum absolute atomic E-state index is 0.220. The van der Waals surface area contributed by atoms with E-state index in [-0.39, 0.29) is 12.1 Å². The predicted molar refractivity (Wildman–Crippen MR) is 172 cm³/mol. The Hall–Kier alpha value is -4.90. The summed E-state index contributed by atoms with van der Waals surface area (Å²) < 4.78 is 3.26.